The summed E-state index contributed by atoms with van der Waals surface area (Å²) in [6.07, 6.45) is 11.8. The van der Waals surface area contributed by atoms with Crippen molar-refractivity contribution in [2.45, 2.75) is 51.6 Å². The zero-order valence-electron chi connectivity index (χ0n) is 21.3. The van der Waals surface area contributed by atoms with Crippen LogP contribution in [0.1, 0.15) is 64.2 Å². The minimum atomic E-state index is -0.0573. The number of aromatic nitrogens is 3. The maximum atomic E-state index is 13.7. The van der Waals surface area contributed by atoms with Crippen LogP contribution in [-0.4, -0.2) is 62.2 Å². The van der Waals surface area contributed by atoms with Crippen molar-refractivity contribution in [2.75, 3.05) is 25.0 Å². The lowest BCUT2D eigenvalue weighted by atomic mass is 9.83. The first-order chi connectivity index (χ1) is 18.1. The molecule has 2 fully saturated rings. The van der Waals surface area contributed by atoms with Gasteiger partial charge in [0.15, 0.2) is 0 Å². The van der Waals surface area contributed by atoms with Crippen LogP contribution < -0.4 is 5.32 Å². The molecule has 2 amide bonds. The van der Waals surface area contributed by atoms with Gasteiger partial charge in [0.25, 0.3) is 11.8 Å². The summed E-state index contributed by atoms with van der Waals surface area (Å²) in [6.45, 7) is 4.67. The lowest BCUT2D eigenvalue weighted by Gasteiger charge is -2.43. The number of nitrogens with one attached hydrogen (secondary N) is 1. The number of rotatable bonds is 6. The van der Waals surface area contributed by atoms with Gasteiger partial charge in [-0.1, -0.05) is 12.1 Å². The summed E-state index contributed by atoms with van der Waals surface area (Å²) in [6, 6.07) is 12.0. The normalized spacial score (nSPS) is 18.5. The second-order valence-electron chi connectivity index (χ2n) is 10.0. The second-order valence-corrected chi connectivity index (χ2v) is 10.0. The number of benzene rings is 1. The standard InChI is InChI=1S/C29H34N6O2/c1-21-17-33-26(20-31-21)29(37)34-14-10-23(11-15-34)27-9-2-3-13-35(27)28(36)24-7-4-8-25(16-24)32-19-22-6-5-12-30-18-22/h4-8,12,16-18,20,23,27,32H,2-3,9-11,13-15,19H2,1H3. The van der Waals surface area contributed by atoms with Crippen LogP contribution >= 0.6 is 0 Å². The summed E-state index contributed by atoms with van der Waals surface area (Å²) in [5.74, 6) is 0.436. The van der Waals surface area contributed by atoms with Gasteiger partial charge in [-0.3, -0.25) is 19.6 Å². The summed E-state index contributed by atoms with van der Waals surface area (Å²) in [5, 5.41) is 3.41. The third-order valence-electron chi connectivity index (χ3n) is 7.51. The minimum absolute atomic E-state index is 0.0573. The van der Waals surface area contributed by atoms with Crippen LogP contribution in [-0.2, 0) is 6.54 Å². The van der Waals surface area contributed by atoms with Gasteiger partial charge in [0, 0.05) is 62.1 Å². The number of amides is 2. The number of carbonyl (C=O) groups excluding carboxylic acids is 2. The van der Waals surface area contributed by atoms with E-state index in [1.54, 1.807) is 18.6 Å². The van der Waals surface area contributed by atoms with Gasteiger partial charge in [0.1, 0.15) is 5.69 Å². The van der Waals surface area contributed by atoms with E-state index in [1.165, 1.54) is 0 Å². The number of anilines is 1. The lowest BCUT2D eigenvalue weighted by molar-refractivity contribution is 0.0373. The van der Waals surface area contributed by atoms with E-state index in [9.17, 15) is 9.59 Å². The summed E-state index contributed by atoms with van der Waals surface area (Å²) in [5.41, 5.74) is 3.93. The van der Waals surface area contributed by atoms with Crippen LogP contribution in [0.5, 0.6) is 0 Å². The van der Waals surface area contributed by atoms with E-state index in [-0.39, 0.29) is 17.9 Å². The number of hydrogen-bond donors (Lipinski definition) is 1. The first-order valence-corrected chi connectivity index (χ1v) is 13.2. The molecule has 1 unspecified atom stereocenters. The van der Waals surface area contributed by atoms with Crippen LogP contribution in [0, 0.1) is 12.8 Å². The molecule has 192 valence electrons. The molecule has 8 heteroatoms. The van der Waals surface area contributed by atoms with Crippen molar-refractivity contribution in [3.63, 3.8) is 0 Å². The number of carbonyl (C=O) groups is 2. The zero-order valence-corrected chi connectivity index (χ0v) is 21.3. The van der Waals surface area contributed by atoms with Gasteiger partial charge in [0.05, 0.1) is 11.9 Å². The maximum Gasteiger partial charge on any atom is 0.274 e. The third-order valence-corrected chi connectivity index (χ3v) is 7.51. The van der Waals surface area contributed by atoms with Crippen molar-refractivity contribution < 1.29 is 9.59 Å². The Morgan fingerprint density at radius 2 is 1.81 bits per heavy atom. The van der Waals surface area contributed by atoms with E-state index < -0.39 is 0 Å². The van der Waals surface area contributed by atoms with Gasteiger partial charge in [0.2, 0.25) is 0 Å². The molecule has 2 aromatic heterocycles. The fraction of sp³-hybridized carbons (Fsp3) is 0.414. The SMILES string of the molecule is Cc1cnc(C(=O)N2CCC(C3CCCCN3C(=O)c3cccc(NCc4cccnc4)c3)CC2)cn1. The lowest BCUT2D eigenvalue weighted by Crippen LogP contribution is -2.51. The van der Waals surface area contributed by atoms with Crippen LogP contribution in [0.4, 0.5) is 5.69 Å². The molecule has 0 spiro atoms. The van der Waals surface area contributed by atoms with Crippen molar-refractivity contribution in [1.29, 1.82) is 0 Å². The van der Waals surface area contributed by atoms with Crippen LogP contribution in [0.25, 0.3) is 0 Å². The van der Waals surface area contributed by atoms with Gasteiger partial charge in [-0.2, -0.15) is 0 Å². The van der Waals surface area contributed by atoms with Gasteiger partial charge < -0.3 is 15.1 Å². The fourth-order valence-corrected chi connectivity index (χ4v) is 5.49. The van der Waals surface area contributed by atoms with E-state index in [4.69, 9.17) is 0 Å². The topological polar surface area (TPSA) is 91.3 Å². The highest BCUT2D eigenvalue weighted by atomic mass is 16.2. The molecule has 4 heterocycles. The molecule has 3 aromatic rings. The molecule has 1 atom stereocenters. The van der Waals surface area contributed by atoms with Gasteiger partial charge in [-0.15, -0.1) is 0 Å². The van der Waals surface area contributed by atoms with Crippen LogP contribution in [0.2, 0.25) is 0 Å². The molecule has 37 heavy (non-hydrogen) atoms. The maximum absolute atomic E-state index is 13.7. The highest BCUT2D eigenvalue weighted by Gasteiger charge is 2.36. The monoisotopic (exact) mass is 498 g/mol. The number of pyridine rings is 1. The summed E-state index contributed by atoms with van der Waals surface area (Å²) < 4.78 is 0. The Hall–Kier alpha value is -3.81. The molecule has 0 aliphatic carbocycles. The number of piperidine rings is 2. The van der Waals surface area contributed by atoms with Crippen molar-refractivity contribution in [2.24, 2.45) is 5.92 Å². The van der Waals surface area contributed by atoms with E-state index in [1.807, 2.05) is 54.4 Å². The summed E-state index contributed by atoms with van der Waals surface area (Å²) in [7, 11) is 0. The molecule has 2 aliphatic rings. The molecule has 8 nitrogen and oxygen atoms in total. The molecule has 2 aliphatic heterocycles. The van der Waals surface area contributed by atoms with Crippen molar-refractivity contribution in [3.05, 3.63) is 83.7 Å². The molecule has 5 rings (SSSR count). The Morgan fingerprint density at radius 1 is 0.946 bits per heavy atom. The van der Waals surface area contributed by atoms with Crippen molar-refractivity contribution in [3.8, 4) is 0 Å². The number of hydrogen-bond acceptors (Lipinski definition) is 6. The van der Waals surface area contributed by atoms with Crippen molar-refractivity contribution >= 4 is 17.5 Å². The molecule has 0 radical (unpaired) electrons. The average Bonchev–Trinajstić information content (AvgIpc) is 2.96. The Labute approximate surface area is 218 Å². The average molecular weight is 499 g/mol. The Balaban J connectivity index is 1.22. The number of nitrogens with zero attached hydrogens (tertiary/aromatic N) is 5. The predicted molar refractivity (Wildman–Crippen MR) is 142 cm³/mol. The smallest absolute Gasteiger partial charge is 0.274 e. The van der Waals surface area contributed by atoms with E-state index >= 15 is 0 Å². The first kappa shape index (κ1) is 24.9. The quantitative estimate of drug-likeness (QED) is 0.544. The van der Waals surface area contributed by atoms with Gasteiger partial charge >= 0.3 is 0 Å². The Kier molecular flexibility index (Phi) is 7.73. The molecule has 0 bridgehead atoms. The molecular formula is C29H34N6O2. The largest absolute Gasteiger partial charge is 0.381 e. The van der Waals surface area contributed by atoms with E-state index in [0.29, 0.717) is 36.8 Å². The molecule has 1 aromatic carbocycles. The summed E-state index contributed by atoms with van der Waals surface area (Å²) in [4.78, 5) is 43.1. The van der Waals surface area contributed by atoms with Crippen LogP contribution in [0.3, 0.4) is 0 Å². The minimum Gasteiger partial charge on any atom is -0.381 e. The molecule has 1 N–H and O–H groups in total. The van der Waals surface area contributed by atoms with Crippen LogP contribution in [0.15, 0.2) is 61.2 Å². The van der Waals surface area contributed by atoms with Gasteiger partial charge in [-0.25, -0.2) is 4.98 Å². The zero-order chi connectivity index (χ0) is 25.6. The number of aryl methyl sites for hydroxylation is 1. The molecule has 0 saturated carbocycles. The van der Waals surface area contributed by atoms with E-state index in [0.717, 1.165) is 55.6 Å². The summed E-state index contributed by atoms with van der Waals surface area (Å²) >= 11 is 0. The fourth-order valence-electron chi connectivity index (χ4n) is 5.49. The second kappa shape index (κ2) is 11.5. The molecular weight excluding hydrogens is 464 g/mol. The highest BCUT2D eigenvalue weighted by Crippen LogP contribution is 2.32. The third kappa shape index (κ3) is 5.96. The first-order valence-electron chi connectivity index (χ1n) is 13.2. The van der Waals surface area contributed by atoms with E-state index in [2.05, 4.69) is 25.2 Å². The predicted octanol–water partition coefficient (Wildman–Crippen LogP) is 4.34. The molecule has 2 saturated heterocycles. The Bertz CT molecular complexity index is 1210. The van der Waals surface area contributed by atoms with Gasteiger partial charge in [-0.05, 0) is 74.8 Å². The highest BCUT2D eigenvalue weighted by molar-refractivity contribution is 5.95. The Morgan fingerprint density at radius 3 is 2.57 bits per heavy atom. The number of likely N-dealkylation sites (tertiary alicyclic amines) is 2. The van der Waals surface area contributed by atoms with Crippen molar-refractivity contribution in [1.82, 2.24) is 24.8 Å².